The summed E-state index contributed by atoms with van der Waals surface area (Å²) in [5, 5.41) is 12.9. The van der Waals surface area contributed by atoms with Gasteiger partial charge in [0.1, 0.15) is 5.75 Å². The number of aromatic nitrogens is 2. The van der Waals surface area contributed by atoms with Gasteiger partial charge in [0.2, 0.25) is 0 Å². The van der Waals surface area contributed by atoms with Crippen LogP contribution in [0.3, 0.4) is 0 Å². The van der Waals surface area contributed by atoms with Crippen molar-refractivity contribution in [1.29, 1.82) is 5.26 Å². The number of nitrogens with zero attached hydrogens (tertiary/aromatic N) is 3. The number of hydrogen-bond donors (Lipinski definition) is 0. The number of aryl methyl sites for hydroxylation is 1. The second-order valence-electron chi connectivity index (χ2n) is 5.42. The predicted octanol–water partition coefficient (Wildman–Crippen LogP) is 3.58. The van der Waals surface area contributed by atoms with E-state index in [0.717, 1.165) is 16.7 Å². The lowest BCUT2D eigenvalue weighted by molar-refractivity contribution is -0.128. The fourth-order valence-electron chi connectivity index (χ4n) is 2.29. The number of ether oxygens (including phenoxy) is 1. The normalized spacial score (nSPS) is 10.6. The number of nitriles is 1. The molecule has 2 aromatic carbocycles. The summed E-state index contributed by atoms with van der Waals surface area (Å²) in [6, 6.07) is 16.6. The number of benzene rings is 2. The van der Waals surface area contributed by atoms with Crippen molar-refractivity contribution in [2.24, 2.45) is 7.05 Å². The van der Waals surface area contributed by atoms with Crippen LogP contribution in [0.1, 0.15) is 11.1 Å². The highest BCUT2D eigenvalue weighted by Crippen LogP contribution is 2.23. The molecule has 1 aromatic heterocycles. The summed E-state index contributed by atoms with van der Waals surface area (Å²) in [4.78, 5) is 11.9. The first kappa shape index (κ1) is 16.2. The van der Waals surface area contributed by atoms with Gasteiger partial charge in [-0.2, -0.15) is 10.4 Å². The maximum Gasteiger partial charge on any atom is 0.336 e. The number of esters is 1. The molecule has 0 radical (unpaired) electrons. The van der Waals surface area contributed by atoms with Crippen molar-refractivity contribution in [2.45, 2.75) is 0 Å². The van der Waals surface area contributed by atoms with Crippen LogP contribution in [0.2, 0.25) is 0 Å². The molecule has 5 nitrogen and oxygen atoms in total. The van der Waals surface area contributed by atoms with Gasteiger partial charge in [0, 0.05) is 24.9 Å². The van der Waals surface area contributed by atoms with Crippen molar-refractivity contribution in [3.8, 4) is 22.9 Å². The largest absolute Gasteiger partial charge is 0.423 e. The van der Waals surface area contributed by atoms with Crippen LogP contribution >= 0.6 is 0 Å². The molecule has 0 saturated carbocycles. The van der Waals surface area contributed by atoms with E-state index in [1.54, 1.807) is 47.4 Å². The smallest absolute Gasteiger partial charge is 0.336 e. The molecule has 3 aromatic rings. The summed E-state index contributed by atoms with van der Waals surface area (Å²) in [5.74, 6) is 0.0215. The van der Waals surface area contributed by atoms with Crippen molar-refractivity contribution in [2.75, 3.05) is 0 Å². The van der Waals surface area contributed by atoms with Gasteiger partial charge >= 0.3 is 5.97 Å². The van der Waals surface area contributed by atoms with Gasteiger partial charge in [0.05, 0.1) is 17.8 Å². The van der Waals surface area contributed by atoms with Crippen LogP contribution < -0.4 is 4.74 Å². The summed E-state index contributed by atoms with van der Waals surface area (Å²) in [6.45, 7) is 0. The number of rotatable bonds is 4. The van der Waals surface area contributed by atoms with Gasteiger partial charge in [-0.1, -0.05) is 24.3 Å². The SMILES string of the molecule is Cn1cc(/C=C\C(=O)Oc2ccc(-c3ccc(C#N)cc3)cc2)cn1. The molecular weight excluding hydrogens is 314 g/mol. The number of carbonyl (C=O) groups is 1. The second-order valence-corrected chi connectivity index (χ2v) is 5.42. The Hall–Kier alpha value is -3.65. The molecule has 0 aliphatic rings. The Labute approximate surface area is 145 Å². The average molecular weight is 329 g/mol. The van der Waals surface area contributed by atoms with Gasteiger partial charge in [-0.25, -0.2) is 4.79 Å². The maximum absolute atomic E-state index is 11.9. The lowest BCUT2D eigenvalue weighted by Gasteiger charge is -2.04. The Morgan fingerprint density at radius 3 is 2.32 bits per heavy atom. The molecule has 25 heavy (non-hydrogen) atoms. The Morgan fingerprint density at radius 1 is 1.12 bits per heavy atom. The van der Waals surface area contributed by atoms with Gasteiger partial charge in [-0.3, -0.25) is 4.68 Å². The van der Waals surface area contributed by atoms with E-state index in [0.29, 0.717) is 11.3 Å². The fraction of sp³-hybridized carbons (Fsp3) is 0.0500. The zero-order valence-corrected chi connectivity index (χ0v) is 13.6. The zero-order chi connectivity index (χ0) is 17.6. The van der Waals surface area contributed by atoms with E-state index in [-0.39, 0.29) is 0 Å². The van der Waals surface area contributed by atoms with Gasteiger partial charge in [0.25, 0.3) is 0 Å². The lowest BCUT2D eigenvalue weighted by Crippen LogP contribution is -2.03. The molecule has 0 bridgehead atoms. The molecule has 0 aliphatic heterocycles. The standard InChI is InChI=1S/C20H15N3O2/c1-23-14-16(13-22-23)4-11-20(24)25-19-9-7-18(8-10-19)17-5-2-15(12-21)3-6-17/h2-11,13-14H,1H3/b11-4-. The molecular formula is C20H15N3O2. The molecule has 0 aliphatic carbocycles. The quantitative estimate of drug-likeness (QED) is 0.417. The summed E-state index contributed by atoms with van der Waals surface area (Å²) in [5.41, 5.74) is 3.42. The van der Waals surface area contributed by atoms with Gasteiger partial charge in [-0.05, 0) is 41.5 Å². The molecule has 0 spiro atoms. The second kappa shape index (κ2) is 7.28. The van der Waals surface area contributed by atoms with Crippen molar-refractivity contribution >= 4 is 12.0 Å². The minimum Gasteiger partial charge on any atom is -0.423 e. The van der Waals surface area contributed by atoms with Crippen molar-refractivity contribution < 1.29 is 9.53 Å². The van der Waals surface area contributed by atoms with Gasteiger partial charge in [0.15, 0.2) is 0 Å². The molecule has 122 valence electrons. The maximum atomic E-state index is 11.9. The van der Waals surface area contributed by atoms with Crippen LogP contribution in [0, 0.1) is 11.3 Å². The first-order valence-corrected chi connectivity index (χ1v) is 7.63. The Morgan fingerprint density at radius 2 is 1.76 bits per heavy atom. The lowest BCUT2D eigenvalue weighted by atomic mass is 10.0. The Balaban J connectivity index is 1.64. The molecule has 0 N–H and O–H groups in total. The van der Waals surface area contributed by atoms with Crippen LogP contribution in [-0.2, 0) is 11.8 Å². The highest BCUT2D eigenvalue weighted by Gasteiger charge is 2.03. The van der Waals surface area contributed by atoms with Crippen molar-refractivity contribution in [3.63, 3.8) is 0 Å². The summed E-state index contributed by atoms with van der Waals surface area (Å²) in [6.07, 6.45) is 6.48. The van der Waals surface area contributed by atoms with Gasteiger partial charge in [-0.15, -0.1) is 0 Å². The third kappa shape index (κ3) is 4.21. The fourth-order valence-corrected chi connectivity index (χ4v) is 2.29. The molecule has 0 unspecified atom stereocenters. The van der Waals surface area contributed by atoms with E-state index in [1.165, 1.54) is 6.08 Å². The van der Waals surface area contributed by atoms with Crippen LogP contribution in [0.5, 0.6) is 5.75 Å². The minimum atomic E-state index is -0.449. The summed E-state index contributed by atoms with van der Waals surface area (Å²) in [7, 11) is 1.81. The third-order valence-electron chi connectivity index (χ3n) is 3.56. The van der Waals surface area contributed by atoms with E-state index in [4.69, 9.17) is 10.00 Å². The van der Waals surface area contributed by atoms with E-state index < -0.39 is 5.97 Å². The third-order valence-corrected chi connectivity index (χ3v) is 3.56. The van der Waals surface area contributed by atoms with Crippen LogP contribution in [0.25, 0.3) is 17.2 Å². The van der Waals surface area contributed by atoms with E-state index >= 15 is 0 Å². The molecule has 0 amide bonds. The van der Waals surface area contributed by atoms with Crippen LogP contribution in [0.4, 0.5) is 0 Å². The molecule has 0 saturated heterocycles. The van der Waals surface area contributed by atoms with Gasteiger partial charge < -0.3 is 4.74 Å². The molecule has 3 rings (SSSR count). The predicted molar refractivity (Wildman–Crippen MR) is 94.5 cm³/mol. The first-order valence-electron chi connectivity index (χ1n) is 7.63. The van der Waals surface area contributed by atoms with E-state index in [1.807, 2.05) is 31.3 Å². The molecule has 0 fully saturated rings. The minimum absolute atomic E-state index is 0.449. The molecule has 5 heteroatoms. The van der Waals surface area contributed by atoms with Crippen molar-refractivity contribution in [3.05, 3.63) is 78.1 Å². The summed E-state index contributed by atoms with van der Waals surface area (Å²) >= 11 is 0. The van der Waals surface area contributed by atoms with E-state index in [2.05, 4.69) is 11.2 Å². The first-order chi connectivity index (χ1) is 12.1. The van der Waals surface area contributed by atoms with Crippen LogP contribution in [-0.4, -0.2) is 15.7 Å². The number of carbonyl (C=O) groups excluding carboxylic acids is 1. The Kier molecular flexibility index (Phi) is 4.72. The van der Waals surface area contributed by atoms with E-state index in [9.17, 15) is 4.79 Å². The summed E-state index contributed by atoms with van der Waals surface area (Å²) < 4.78 is 6.93. The molecule has 1 heterocycles. The topological polar surface area (TPSA) is 67.9 Å². The van der Waals surface area contributed by atoms with Crippen molar-refractivity contribution in [1.82, 2.24) is 9.78 Å². The molecule has 0 atom stereocenters. The highest BCUT2D eigenvalue weighted by molar-refractivity contribution is 5.88. The van der Waals surface area contributed by atoms with Crippen LogP contribution in [0.15, 0.2) is 67.0 Å². The Bertz CT molecular complexity index is 946. The number of hydrogen-bond acceptors (Lipinski definition) is 4. The highest BCUT2D eigenvalue weighted by atomic mass is 16.5. The zero-order valence-electron chi connectivity index (χ0n) is 13.6. The average Bonchev–Trinajstić information content (AvgIpc) is 3.06. The monoisotopic (exact) mass is 329 g/mol.